The lowest BCUT2D eigenvalue weighted by Gasteiger charge is -2.34. The van der Waals surface area contributed by atoms with E-state index in [4.69, 9.17) is 16.3 Å². The molecule has 1 fully saturated rings. The summed E-state index contributed by atoms with van der Waals surface area (Å²) in [5, 5.41) is 11.1. The standard InChI is InChI=1S/C16H22ClNO3/c1-2-21-11-15(19)18-9-7-13(8-10-18)16(20)12-3-5-14(17)6-4-12/h3-6,13,16,20H,2,7-11H2,1H3. The van der Waals surface area contributed by atoms with Crippen LogP contribution in [0, 0.1) is 5.92 Å². The van der Waals surface area contributed by atoms with Crippen LogP contribution in [0.2, 0.25) is 5.02 Å². The Balaban J connectivity index is 1.85. The van der Waals surface area contributed by atoms with Crippen molar-refractivity contribution in [2.45, 2.75) is 25.9 Å². The van der Waals surface area contributed by atoms with Gasteiger partial charge in [0.15, 0.2) is 0 Å². The maximum atomic E-state index is 11.9. The molecule has 1 aromatic rings. The number of carbonyl (C=O) groups is 1. The number of likely N-dealkylation sites (tertiary alicyclic amines) is 1. The minimum atomic E-state index is -0.494. The molecule has 1 saturated heterocycles. The molecule has 1 aliphatic rings. The molecule has 0 aliphatic carbocycles. The molecule has 0 aromatic heterocycles. The lowest BCUT2D eigenvalue weighted by molar-refractivity contribution is -0.138. The zero-order chi connectivity index (χ0) is 15.2. The second-order valence-corrected chi connectivity index (χ2v) is 5.79. The van der Waals surface area contributed by atoms with Crippen LogP contribution in [0.15, 0.2) is 24.3 Å². The lowest BCUT2D eigenvalue weighted by atomic mass is 9.87. The molecular formula is C16H22ClNO3. The van der Waals surface area contributed by atoms with Crippen molar-refractivity contribution >= 4 is 17.5 Å². The Morgan fingerprint density at radius 1 is 1.38 bits per heavy atom. The predicted octanol–water partition coefficient (Wildman–Crippen LogP) is 2.65. The topological polar surface area (TPSA) is 49.8 Å². The van der Waals surface area contributed by atoms with Gasteiger partial charge in [-0.1, -0.05) is 23.7 Å². The summed E-state index contributed by atoms with van der Waals surface area (Å²) in [4.78, 5) is 13.7. The fourth-order valence-electron chi connectivity index (χ4n) is 2.68. The molecule has 2 rings (SSSR count). The molecule has 21 heavy (non-hydrogen) atoms. The van der Waals surface area contributed by atoms with Crippen molar-refractivity contribution in [3.8, 4) is 0 Å². The number of carbonyl (C=O) groups excluding carboxylic acids is 1. The Morgan fingerprint density at radius 2 is 2.00 bits per heavy atom. The highest BCUT2D eigenvalue weighted by molar-refractivity contribution is 6.30. The zero-order valence-electron chi connectivity index (χ0n) is 12.3. The monoisotopic (exact) mass is 311 g/mol. The highest BCUT2D eigenvalue weighted by Gasteiger charge is 2.28. The van der Waals surface area contributed by atoms with Gasteiger partial charge in [0.2, 0.25) is 5.91 Å². The third kappa shape index (κ3) is 4.43. The number of halogens is 1. The van der Waals surface area contributed by atoms with Gasteiger partial charge < -0.3 is 14.7 Å². The highest BCUT2D eigenvalue weighted by atomic mass is 35.5. The summed E-state index contributed by atoms with van der Waals surface area (Å²) in [6.07, 6.45) is 1.12. The van der Waals surface area contributed by atoms with Crippen LogP contribution in [-0.4, -0.2) is 42.2 Å². The van der Waals surface area contributed by atoms with Crippen LogP contribution in [0.1, 0.15) is 31.4 Å². The first kappa shape index (κ1) is 16.3. The molecule has 0 radical (unpaired) electrons. The van der Waals surface area contributed by atoms with Crippen LogP contribution < -0.4 is 0 Å². The zero-order valence-corrected chi connectivity index (χ0v) is 13.1. The minimum Gasteiger partial charge on any atom is -0.388 e. The molecule has 116 valence electrons. The van der Waals surface area contributed by atoms with Crippen LogP contribution in [0.4, 0.5) is 0 Å². The van der Waals surface area contributed by atoms with Gasteiger partial charge in [0.1, 0.15) is 6.61 Å². The van der Waals surface area contributed by atoms with E-state index in [1.807, 2.05) is 24.0 Å². The SMILES string of the molecule is CCOCC(=O)N1CCC(C(O)c2ccc(Cl)cc2)CC1. The Bertz CT molecular complexity index is 455. The van der Waals surface area contributed by atoms with Gasteiger partial charge in [-0.05, 0) is 43.4 Å². The lowest BCUT2D eigenvalue weighted by Crippen LogP contribution is -2.41. The average Bonchev–Trinajstić information content (AvgIpc) is 2.53. The summed E-state index contributed by atoms with van der Waals surface area (Å²) < 4.78 is 5.15. The normalized spacial score (nSPS) is 17.8. The number of aliphatic hydroxyl groups is 1. The fourth-order valence-corrected chi connectivity index (χ4v) is 2.80. The summed E-state index contributed by atoms with van der Waals surface area (Å²) in [5.41, 5.74) is 0.887. The number of hydrogen-bond donors (Lipinski definition) is 1. The number of piperidine rings is 1. The van der Waals surface area contributed by atoms with Gasteiger partial charge in [0, 0.05) is 24.7 Å². The van der Waals surface area contributed by atoms with Gasteiger partial charge in [-0.25, -0.2) is 0 Å². The fraction of sp³-hybridized carbons (Fsp3) is 0.562. The summed E-state index contributed by atoms with van der Waals surface area (Å²) >= 11 is 5.86. The van der Waals surface area contributed by atoms with E-state index in [1.165, 1.54) is 0 Å². The van der Waals surface area contributed by atoms with Crippen LogP contribution in [0.3, 0.4) is 0 Å². The van der Waals surface area contributed by atoms with Gasteiger partial charge in [-0.3, -0.25) is 4.79 Å². The molecule has 1 N–H and O–H groups in total. The quantitative estimate of drug-likeness (QED) is 0.909. The van der Waals surface area contributed by atoms with Crippen molar-refractivity contribution < 1.29 is 14.6 Å². The van der Waals surface area contributed by atoms with Crippen LogP contribution >= 0.6 is 11.6 Å². The molecule has 0 spiro atoms. The van der Waals surface area contributed by atoms with Crippen LogP contribution in [0.5, 0.6) is 0 Å². The molecular weight excluding hydrogens is 290 g/mol. The summed E-state index contributed by atoms with van der Waals surface area (Å²) in [5.74, 6) is 0.221. The van der Waals surface area contributed by atoms with E-state index >= 15 is 0 Å². The van der Waals surface area contributed by atoms with Crippen molar-refractivity contribution in [3.05, 3.63) is 34.9 Å². The van der Waals surface area contributed by atoms with Crippen molar-refractivity contribution in [1.29, 1.82) is 0 Å². The van der Waals surface area contributed by atoms with Gasteiger partial charge in [-0.15, -0.1) is 0 Å². The van der Waals surface area contributed by atoms with Crippen molar-refractivity contribution in [2.75, 3.05) is 26.3 Å². The molecule has 1 heterocycles. The molecule has 1 aromatic carbocycles. The summed E-state index contributed by atoms with van der Waals surface area (Å²) in [6, 6.07) is 7.31. The van der Waals surface area contributed by atoms with E-state index < -0.39 is 6.10 Å². The van der Waals surface area contributed by atoms with Gasteiger partial charge in [-0.2, -0.15) is 0 Å². The number of rotatable bonds is 5. The maximum Gasteiger partial charge on any atom is 0.248 e. The average molecular weight is 312 g/mol. The molecule has 1 unspecified atom stereocenters. The molecule has 4 nitrogen and oxygen atoms in total. The van der Waals surface area contributed by atoms with Crippen molar-refractivity contribution in [2.24, 2.45) is 5.92 Å². The maximum absolute atomic E-state index is 11.9. The van der Waals surface area contributed by atoms with Gasteiger partial charge >= 0.3 is 0 Å². The Kier molecular flexibility index (Phi) is 6.03. The molecule has 5 heteroatoms. The minimum absolute atomic E-state index is 0.0382. The van der Waals surface area contributed by atoms with Crippen molar-refractivity contribution in [1.82, 2.24) is 4.90 Å². The van der Waals surface area contributed by atoms with E-state index in [2.05, 4.69) is 0 Å². The first-order valence-electron chi connectivity index (χ1n) is 7.41. The molecule has 0 saturated carbocycles. The van der Waals surface area contributed by atoms with Crippen LogP contribution in [-0.2, 0) is 9.53 Å². The third-order valence-corrected chi connectivity index (χ3v) is 4.23. The molecule has 1 amide bonds. The number of nitrogens with zero attached hydrogens (tertiary/aromatic N) is 1. The largest absolute Gasteiger partial charge is 0.388 e. The Labute approximate surface area is 130 Å². The van der Waals surface area contributed by atoms with Crippen molar-refractivity contribution in [3.63, 3.8) is 0 Å². The third-order valence-electron chi connectivity index (χ3n) is 3.98. The van der Waals surface area contributed by atoms with E-state index in [-0.39, 0.29) is 18.4 Å². The number of aliphatic hydroxyl groups excluding tert-OH is 1. The van der Waals surface area contributed by atoms with E-state index in [0.717, 1.165) is 18.4 Å². The second kappa shape index (κ2) is 7.78. The first-order chi connectivity index (χ1) is 10.1. The first-order valence-corrected chi connectivity index (χ1v) is 7.78. The number of ether oxygens (including phenoxy) is 1. The smallest absolute Gasteiger partial charge is 0.248 e. The summed E-state index contributed by atoms with van der Waals surface area (Å²) in [7, 11) is 0. The molecule has 1 aliphatic heterocycles. The Morgan fingerprint density at radius 3 is 2.57 bits per heavy atom. The Hall–Kier alpha value is -1.10. The predicted molar refractivity (Wildman–Crippen MR) is 82.2 cm³/mol. The van der Waals surface area contributed by atoms with E-state index in [0.29, 0.717) is 24.7 Å². The number of amides is 1. The van der Waals surface area contributed by atoms with Crippen LogP contribution in [0.25, 0.3) is 0 Å². The van der Waals surface area contributed by atoms with Gasteiger partial charge in [0.25, 0.3) is 0 Å². The molecule has 0 bridgehead atoms. The second-order valence-electron chi connectivity index (χ2n) is 5.35. The van der Waals surface area contributed by atoms with Gasteiger partial charge in [0.05, 0.1) is 6.10 Å². The summed E-state index contributed by atoms with van der Waals surface area (Å²) in [6.45, 7) is 3.95. The number of benzene rings is 1. The van der Waals surface area contributed by atoms with E-state index in [1.54, 1.807) is 12.1 Å². The molecule has 1 atom stereocenters. The van der Waals surface area contributed by atoms with E-state index in [9.17, 15) is 9.90 Å². The highest BCUT2D eigenvalue weighted by Crippen LogP contribution is 2.31. The number of hydrogen-bond acceptors (Lipinski definition) is 3.